The molecule has 0 saturated heterocycles. The third kappa shape index (κ3) is 2.60. The van der Waals surface area contributed by atoms with Crippen LogP contribution in [0.25, 0.3) is 0 Å². The number of hydrogen-bond donors (Lipinski definition) is 1. The Kier molecular flexibility index (Phi) is 4.30. The van der Waals surface area contributed by atoms with E-state index >= 15 is 0 Å². The fraction of sp³-hybridized carbons (Fsp3) is 0.600. The van der Waals surface area contributed by atoms with Crippen LogP contribution >= 0.6 is 0 Å². The molecular formula is C5H10O3. The second kappa shape index (κ2) is 4.61. The lowest BCUT2D eigenvalue weighted by atomic mass is 10.7. The van der Waals surface area contributed by atoms with Gasteiger partial charge < -0.3 is 14.6 Å². The van der Waals surface area contributed by atoms with Gasteiger partial charge in [0, 0.05) is 7.11 Å². The minimum absolute atomic E-state index is 0.150. The first kappa shape index (κ1) is 7.46. The van der Waals surface area contributed by atoms with Crippen LogP contribution in [0.1, 0.15) is 0 Å². The number of rotatable bonds is 4. The highest BCUT2D eigenvalue weighted by Gasteiger charge is 1.99. The zero-order chi connectivity index (χ0) is 6.41. The quantitative estimate of drug-likeness (QED) is 0.420. The van der Waals surface area contributed by atoms with Crippen LogP contribution in [-0.2, 0) is 9.47 Å². The van der Waals surface area contributed by atoms with Crippen molar-refractivity contribution in [2.45, 2.75) is 6.29 Å². The van der Waals surface area contributed by atoms with Crippen LogP contribution in [0, 0.1) is 0 Å². The van der Waals surface area contributed by atoms with E-state index in [1.807, 2.05) is 0 Å². The fourth-order valence-corrected chi connectivity index (χ4v) is 0.280. The van der Waals surface area contributed by atoms with Gasteiger partial charge in [0.15, 0.2) is 0 Å². The molecule has 0 aliphatic rings. The van der Waals surface area contributed by atoms with Crippen molar-refractivity contribution in [2.75, 3.05) is 13.7 Å². The third-order valence-electron chi connectivity index (χ3n) is 0.660. The summed E-state index contributed by atoms with van der Waals surface area (Å²) >= 11 is 0. The fourth-order valence-electron chi connectivity index (χ4n) is 0.280. The summed E-state index contributed by atoms with van der Waals surface area (Å²) in [6.45, 7) is 3.13. The van der Waals surface area contributed by atoms with E-state index in [0.29, 0.717) is 0 Å². The van der Waals surface area contributed by atoms with Crippen molar-refractivity contribution in [3.63, 3.8) is 0 Å². The standard InChI is InChI=1S/C5H10O3/c1-3-8-5(4-6)7-2/h3,5-6H,1,4H2,2H3. The van der Waals surface area contributed by atoms with Crippen molar-refractivity contribution < 1.29 is 14.6 Å². The van der Waals surface area contributed by atoms with Crippen LogP contribution in [0.3, 0.4) is 0 Å². The minimum Gasteiger partial charge on any atom is -0.471 e. The molecular weight excluding hydrogens is 108 g/mol. The molecule has 0 aromatic rings. The first-order chi connectivity index (χ1) is 3.85. The monoisotopic (exact) mass is 118 g/mol. The average molecular weight is 118 g/mol. The first-order valence-electron chi connectivity index (χ1n) is 2.25. The second-order valence-corrected chi connectivity index (χ2v) is 1.15. The number of aliphatic hydroxyl groups excluding tert-OH is 1. The van der Waals surface area contributed by atoms with Gasteiger partial charge in [0.25, 0.3) is 0 Å². The largest absolute Gasteiger partial charge is 0.471 e. The molecule has 0 fully saturated rings. The topological polar surface area (TPSA) is 38.7 Å². The molecule has 3 nitrogen and oxygen atoms in total. The predicted molar refractivity (Wildman–Crippen MR) is 29.2 cm³/mol. The molecule has 0 aromatic carbocycles. The summed E-state index contributed by atoms with van der Waals surface area (Å²) in [5, 5.41) is 8.36. The molecule has 8 heavy (non-hydrogen) atoms. The van der Waals surface area contributed by atoms with E-state index in [2.05, 4.69) is 16.1 Å². The smallest absolute Gasteiger partial charge is 0.222 e. The van der Waals surface area contributed by atoms with E-state index < -0.39 is 6.29 Å². The molecule has 0 aromatic heterocycles. The summed E-state index contributed by atoms with van der Waals surface area (Å²) in [7, 11) is 1.45. The maximum atomic E-state index is 8.36. The van der Waals surface area contributed by atoms with Crippen molar-refractivity contribution in [3.8, 4) is 0 Å². The molecule has 0 amide bonds. The Morgan fingerprint density at radius 3 is 2.62 bits per heavy atom. The van der Waals surface area contributed by atoms with Crippen LogP contribution < -0.4 is 0 Å². The number of ether oxygens (including phenoxy) is 2. The Labute approximate surface area is 48.5 Å². The highest BCUT2D eigenvalue weighted by atomic mass is 16.7. The summed E-state index contributed by atoms with van der Waals surface area (Å²) in [6.07, 6.45) is 0.664. The van der Waals surface area contributed by atoms with Crippen molar-refractivity contribution in [1.29, 1.82) is 0 Å². The van der Waals surface area contributed by atoms with Crippen LogP contribution in [0.4, 0.5) is 0 Å². The van der Waals surface area contributed by atoms with E-state index in [9.17, 15) is 0 Å². The van der Waals surface area contributed by atoms with Crippen molar-refractivity contribution in [3.05, 3.63) is 12.8 Å². The Hall–Kier alpha value is -0.540. The van der Waals surface area contributed by atoms with Crippen LogP contribution in [-0.4, -0.2) is 25.1 Å². The van der Waals surface area contributed by atoms with E-state index in [-0.39, 0.29) is 6.61 Å². The van der Waals surface area contributed by atoms with Crippen LogP contribution in [0.15, 0.2) is 12.8 Å². The number of aliphatic hydroxyl groups is 1. The van der Waals surface area contributed by atoms with Gasteiger partial charge in [-0.2, -0.15) is 0 Å². The Morgan fingerprint density at radius 2 is 2.50 bits per heavy atom. The molecule has 0 radical (unpaired) electrons. The van der Waals surface area contributed by atoms with Gasteiger partial charge in [0.1, 0.15) is 6.61 Å². The third-order valence-corrected chi connectivity index (χ3v) is 0.660. The molecule has 48 valence electrons. The molecule has 0 heterocycles. The van der Waals surface area contributed by atoms with Crippen molar-refractivity contribution in [1.82, 2.24) is 0 Å². The molecule has 0 rings (SSSR count). The molecule has 0 bridgehead atoms. The molecule has 1 unspecified atom stereocenters. The van der Waals surface area contributed by atoms with Gasteiger partial charge in [-0.05, 0) is 0 Å². The molecule has 0 aliphatic carbocycles. The summed E-state index contributed by atoms with van der Waals surface area (Å²) in [5.74, 6) is 0. The molecule has 0 aliphatic heterocycles. The maximum absolute atomic E-state index is 8.36. The Bertz CT molecular complexity index is 58.7. The Balaban J connectivity index is 3.20. The highest BCUT2D eigenvalue weighted by molar-refractivity contribution is 4.50. The highest BCUT2D eigenvalue weighted by Crippen LogP contribution is 1.89. The summed E-state index contributed by atoms with van der Waals surface area (Å²) < 4.78 is 9.23. The Morgan fingerprint density at radius 1 is 1.88 bits per heavy atom. The first-order valence-corrected chi connectivity index (χ1v) is 2.25. The molecule has 0 spiro atoms. The lowest BCUT2D eigenvalue weighted by Gasteiger charge is -2.09. The number of hydrogen-bond acceptors (Lipinski definition) is 3. The van der Waals surface area contributed by atoms with E-state index in [0.717, 1.165) is 0 Å². The lowest BCUT2D eigenvalue weighted by Crippen LogP contribution is -2.16. The van der Waals surface area contributed by atoms with E-state index in [4.69, 9.17) is 5.11 Å². The van der Waals surface area contributed by atoms with Gasteiger partial charge in [-0.15, -0.1) is 0 Å². The molecule has 0 saturated carbocycles. The molecule has 1 N–H and O–H groups in total. The van der Waals surface area contributed by atoms with Crippen molar-refractivity contribution >= 4 is 0 Å². The van der Waals surface area contributed by atoms with Gasteiger partial charge in [-0.3, -0.25) is 0 Å². The van der Waals surface area contributed by atoms with Gasteiger partial charge in [-0.25, -0.2) is 0 Å². The normalized spacial score (nSPS) is 12.8. The average Bonchev–Trinajstić information content (AvgIpc) is 1.83. The zero-order valence-electron chi connectivity index (χ0n) is 4.83. The predicted octanol–water partition coefficient (Wildman–Crippen LogP) is 0.111. The lowest BCUT2D eigenvalue weighted by molar-refractivity contribution is -0.109. The van der Waals surface area contributed by atoms with E-state index in [1.165, 1.54) is 13.4 Å². The second-order valence-electron chi connectivity index (χ2n) is 1.15. The van der Waals surface area contributed by atoms with Gasteiger partial charge in [0.05, 0.1) is 6.26 Å². The van der Waals surface area contributed by atoms with Crippen molar-refractivity contribution in [2.24, 2.45) is 0 Å². The zero-order valence-corrected chi connectivity index (χ0v) is 4.83. The summed E-state index contributed by atoms with van der Waals surface area (Å²) in [6, 6.07) is 0. The summed E-state index contributed by atoms with van der Waals surface area (Å²) in [4.78, 5) is 0. The van der Waals surface area contributed by atoms with Gasteiger partial charge in [0.2, 0.25) is 6.29 Å². The van der Waals surface area contributed by atoms with E-state index in [1.54, 1.807) is 0 Å². The molecule has 1 atom stereocenters. The van der Waals surface area contributed by atoms with Crippen LogP contribution in [0.2, 0.25) is 0 Å². The van der Waals surface area contributed by atoms with Gasteiger partial charge >= 0.3 is 0 Å². The number of methoxy groups -OCH3 is 1. The van der Waals surface area contributed by atoms with Gasteiger partial charge in [-0.1, -0.05) is 6.58 Å². The summed E-state index contributed by atoms with van der Waals surface area (Å²) in [5.41, 5.74) is 0. The van der Waals surface area contributed by atoms with Crippen LogP contribution in [0.5, 0.6) is 0 Å². The maximum Gasteiger partial charge on any atom is 0.222 e. The minimum atomic E-state index is -0.563. The molecule has 3 heteroatoms. The SMILES string of the molecule is C=COC(CO)OC.